The Hall–Kier alpha value is -0.970. The van der Waals surface area contributed by atoms with Crippen molar-refractivity contribution in [3.8, 4) is 11.5 Å². The number of piperidine rings is 1. The maximum absolute atomic E-state index is 5.81. The summed E-state index contributed by atoms with van der Waals surface area (Å²) < 4.78 is 10.9. The molecule has 1 N–H and O–H groups in total. The molecule has 1 aromatic carbocycles. The van der Waals surface area contributed by atoms with E-state index in [0.29, 0.717) is 0 Å². The Morgan fingerprint density at radius 1 is 1.19 bits per heavy atom. The van der Waals surface area contributed by atoms with Gasteiger partial charge in [0.25, 0.3) is 0 Å². The summed E-state index contributed by atoms with van der Waals surface area (Å²) in [6.07, 6.45) is 2.62. The summed E-state index contributed by atoms with van der Waals surface area (Å²) in [5.41, 5.74) is 0. The van der Waals surface area contributed by atoms with E-state index in [4.69, 9.17) is 9.47 Å². The molecule has 0 saturated carbocycles. The minimum absolute atomic E-state index is 0. The van der Waals surface area contributed by atoms with Gasteiger partial charge in [-0.15, -0.1) is 12.4 Å². The zero-order chi connectivity index (χ0) is 13.8. The molecule has 4 nitrogen and oxygen atoms in total. The molecule has 2 aliphatic heterocycles. The van der Waals surface area contributed by atoms with Crippen LogP contribution < -0.4 is 14.8 Å². The van der Waals surface area contributed by atoms with Crippen molar-refractivity contribution in [1.29, 1.82) is 0 Å². The third-order valence-corrected chi connectivity index (χ3v) is 4.48. The number of hydrogen-bond acceptors (Lipinski definition) is 4. The quantitative estimate of drug-likeness (QED) is 0.903. The standard InChI is InChI=1S/C16H24N2O2.ClH/c1-19-14-2-4-15(5-3-14)20-11-10-18-9-7-16-13(12-18)6-8-17-16;/h2-5,13,16-17H,6-12H2,1H3;1H. The molecule has 21 heavy (non-hydrogen) atoms. The number of methoxy groups -OCH3 is 1. The van der Waals surface area contributed by atoms with Crippen LogP contribution in [0.2, 0.25) is 0 Å². The van der Waals surface area contributed by atoms with Crippen molar-refractivity contribution in [1.82, 2.24) is 10.2 Å². The van der Waals surface area contributed by atoms with E-state index in [1.807, 2.05) is 24.3 Å². The highest BCUT2D eigenvalue weighted by molar-refractivity contribution is 5.85. The molecule has 3 rings (SSSR count). The Morgan fingerprint density at radius 2 is 1.95 bits per heavy atom. The first kappa shape index (κ1) is 16.4. The molecule has 2 atom stereocenters. The molecule has 0 radical (unpaired) electrons. The summed E-state index contributed by atoms with van der Waals surface area (Å²) in [7, 11) is 1.68. The number of benzene rings is 1. The van der Waals surface area contributed by atoms with E-state index in [9.17, 15) is 0 Å². The average Bonchev–Trinajstić information content (AvgIpc) is 2.95. The van der Waals surface area contributed by atoms with E-state index >= 15 is 0 Å². The minimum Gasteiger partial charge on any atom is -0.497 e. The topological polar surface area (TPSA) is 33.7 Å². The number of fused-ring (bicyclic) bond motifs is 1. The van der Waals surface area contributed by atoms with Crippen LogP contribution in [0, 0.1) is 5.92 Å². The number of nitrogens with one attached hydrogen (secondary N) is 1. The van der Waals surface area contributed by atoms with Crippen molar-refractivity contribution in [2.45, 2.75) is 18.9 Å². The van der Waals surface area contributed by atoms with E-state index in [0.717, 1.165) is 36.6 Å². The lowest BCUT2D eigenvalue weighted by atomic mass is 9.93. The summed E-state index contributed by atoms with van der Waals surface area (Å²) in [5, 5.41) is 3.60. The van der Waals surface area contributed by atoms with Gasteiger partial charge in [0.1, 0.15) is 18.1 Å². The van der Waals surface area contributed by atoms with Crippen LogP contribution in [0.3, 0.4) is 0 Å². The zero-order valence-corrected chi connectivity index (χ0v) is 13.4. The number of nitrogens with zero attached hydrogens (tertiary/aromatic N) is 1. The SMILES string of the molecule is COc1ccc(OCCN2CCC3NCCC3C2)cc1.Cl. The minimum atomic E-state index is 0. The smallest absolute Gasteiger partial charge is 0.119 e. The van der Waals surface area contributed by atoms with Gasteiger partial charge in [0.2, 0.25) is 0 Å². The highest BCUT2D eigenvalue weighted by Crippen LogP contribution is 2.24. The van der Waals surface area contributed by atoms with E-state index in [1.54, 1.807) is 7.11 Å². The molecule has 0 bridgehead atoms. The average molecular weight is 313 g/mol. The van der Waals surface area contributed by atoms with Crippen LogP contribution in [0.4, 0.5) is 0 Å². The predicted octanol–water partition coefficient (Wildman–Crippen LogP) is 2.18. The molecule has 2 aliphatic rings. The number of ether oxygens (including phenoxy) is 2. The Labute approximate surface area is 133 Å². The van der Waals surface area contributed by atoms with Gasteiger partial charge >= 0.3 is 0 Å². The van der Waals surface area contributed by atoms with Crippen LogP contribution in [-0.4, -0.2) is 50.8 Å². The molecule has 0 aromatic heterocycles. The van der Waals surface area contributed by atoms with Crippen molar-refractivity contribution in [3.63, 3.8) is 0 Å². The van der Waals surface area contributed by atoms with Gasteiger partial charge in [-0.05, 0) is 56.1 Å². The predicted molar refractivity (Wildman–Crippen MR) is 86.7 cm³/mol. The summed E-state index contributed by atoms with van der Waals surface area (Å²) in [4.78, 5) is 2.54. The Balaban J connectivity index is 0.00000161. The second-order valence-corrected chi connectivity index (χ2v) is 5.72. The molecular formula is C16H25ClN2O2. The first-order valence-electron chi connectivity index (χ1n) is 7.58. The lowest BCUT2D eigenvalue weighted by Crippen LogP contribution is -2.45. The van der Waals surface area contributed by atoms with Gasteiger partial charge in [-0.25, -0.2) is 0 Å². The second-order valence-electron chi connectivity index (χ2n) is 5.72. The van der Waals surface area contributed by atoms with Gasteiger partial charge in [0, 0.05) is 19.1 Å². The number of halogens is 1. The molecular weight excluding hydrogens is 288 g/mol. The first-order valence-corrected chi connectivity index (χ1v) is 7.58. The number of rotatable bonds is 5. The van der Waals surface area contributed by atoms with Crippen LogP contribution in [0.15, 0.2) is 24.3 Å². The summed E-state index contributed by atoms with van der Waals surface area (Å²) in [6, 6.07) is 8.57. The lowest BCUT2D eigenvalue weighted by molar-refractivity contribution is 0.138. The van der Waals surface area contributed by atoms with E-state index in [1.165, 1.54) is 32.5 Å². The third-order valence-electron chi connectivity index (χ3n) is 4.48. The van der Waals surface area contributed by atoms with Crippen molar-refractivity contribution < 1.29 is 9.47 Å². The maximum Gasteiger partial charge on any atom is 0.119 e. The third kappa shape index (κ3) is 4.25. The van der Waals surface area contributed by atoms with E-state index in [2.05, 4.69) is 10.2 Å². The van der Waals surface area contributed by atoms with Crippen LogP contribution in [-0.2, 0) is 0 Å². The van der Waals surface area contributed by atoms with Crippen LogP contribution in [0.25, 0.3) is 0 Å². The molecule has 0 spiro atoms. The lowest BCUT2D eigenvalue weighted by Gasteiger charge is -2.34. The van der Waals surface area contributed by atoms with E-state index in [-0.39, 0.29) is 12.4 Å². The van der Waals surface area contributed by atoms with Crippen molar-refractivity contribution in [2.75, 3.05) is 39.9 Å². The second kappa shape index (κ2) is 7.87. The van der Waals surface area contributed by atoms with Crippen LogP contribution in [0.5, 0.6) is 11.5 Å². The highest BCUT2D eigenvalue weighted by atomic mass is 35.5. The summed E-state index contributed by atoms with van der Waals surface area (Å²) in [6.45, 7) is 5.40. The summed E-state index contributed by atoms with van der Waals surface area (Å²) >= 11 is 0. The molecule has 5 heteroatoms. The van der Waals surface area contributed by atoms with Crippen molar-refractivity contribution >= 4 is 12.4 Å². The Bertz CT molecular complexity index is 427. The fraction of sp³-hybridized carbons (Fsp3) is 0.625. The van der Waals surface area contributed by atoms with Crippen LogP contribution >= 0.6 is 12.4 Å². The number of hydrogen-bond donors (Lipinski definition) is 1. The van der Waals surface area contributed by atoms with Gasteiger partial charge in [-0.2, -0.15) is 0 Å². The maximum atomic E-state index is 5.81. The fourth-order valence-corrected chi connectivity index (χ4v) is 3.29. The molecule has 0 amide bonds. The van der Waals surface area contributed by atoms with Gasteiger partial charge in [-0.1, -0.05) is 0 Å². The van der Waals surface area contributed by atoms with Crippen molar-refractivity contribution in [3.05, 3.63) is 24.3 Å². The molecule has 2 fully saturated rings. The summed E-state index contributed by atoms with van der Waals surface area (Å²) in [5.74, 6) is 2.64. The van der Waals surface area contributed by atoms with Crippen molar-refractivity contribution in [2.24, 2.45) is 5.92 Å². The van der Waals surface area contributed by atoms with Crippen LogP contribution in [0.1, 0.15) is 12.8 Å². The van der Waals surface area contributed by atoms with E-state index < -0.39 is 0 Å². The molecule has 0 aliphatic carbocycles. The number of likely N-dealkylation sites (tertiary alicyclic amines) is 1. The van der Waals surface area contributed by atoms with Gasteiger partial charge < -0.3 is 14.8 Å². The van der Waals surface area contributed by atoms with Gasteiger partial charge in [0.15, 0.2) is 0 Å². The molecule has 118 valence electrons. The van der Waals surface area contributed by atoms with Gasteiger partial charge in [-0.3, -0.25) is 4.90 Å². The Morgan fingerprint density at radius 3 is 2.71 bits per heavy atom. The Kier molecular flexibility index (Phi) is 6.15. The van der Waals surface area contributed by atoms with Gasteiger partial charge in [0.05, 0.1) is 7.11 Å². The molecule has 1 aromatic rings. The normalized spacial score (nSPS) is 25.0. The first-order chi connectivity index (χ1) is 9.85. The molecule has 2 unspecified atom stereocenters. The largest absolute Gasteiger partial charge is 0.497 e. The highest BCUT2D eigenvalue weighted by Gasteiger charge is 2.32. The zero-order valence-electron chi connectivity index (χ0n) is 12.6. The molecule has 2 heterocycles. The molecule has 2 saturated heterocycles. The fourth-order valence-electron chi connectivity index (χ4n) is 3.29. The monoisotopic (exact) mass is 312 g/mol.